The summed E-state index contributed by atoms with van der Waals surface area (Å²) in [4.78, 5) is 1.57. The first-order valence-electron chi connectivity index (χ1n) is 4.92. The lowest BCUT2D eigenvalue weighted by Gasteiger charge is -2.08. The maximum atomic E-state index is 5.42. The van der Waals surface area contributed by atoms with Gasteiger partial charge in [-0.2, -0.15) is 0 Å². The predicted octanol–water partition coefficient (Wildman–Crippen LogP) is 3.37. The molecule has 0 amide bonds. The van der Waals surface area contributed by atoms with Gasteiger partial charge in [-0.15, -0.1) is 11.3 Å². The summed E-state index contributed by atoms with van der Waals surface area (Å²) in [5.74, 6) is 0.605. The Morgan fingerprint density at radius 1 is 1.31 bits per heavy atom. The first-order chi connectivity index (χ1) is 6.24. The summed E-state index contributed by atoms with van der Waals surface area (Å²) in [6.45, 7) is 4.51. The molecule has 2 rings (SSSR count). The standard InChI is InChI=1S/C11H16OS/c1-7(2)10-8-5-4-6-9(8)13-11(10)12-3/h7H,4-6H2,1-3H3. The van der Waals surface area contributed by atoms with Gasteiger partial charge < -0.3 is 4.74 Å². The van der Waals surface area contributed by atoms with Crippen LogP contribution in [-0.4, -0.2) is 7.11 Å². The van der Waals surface area contributed by atoms with Crippen molar-refractivity contribution in [2.45, 2.75) is 39.0 Å². The Labute approximate surface area is 83.7 Å². The van der Waals surface area contributed by atoms with Crippen LogP contribution in [0.15, 0.2) is 0 Å². The Kier molecular flexibility index (Phi) is 2.33. The highest BCUT2D eigenvalue weighted by atomic mass is 32.1. The zero-order chi connectivity index (χ0) is 9.42. The Hall–Kier alpha value is -0.500. The molecule has 1 aliphatic rings. The molecule has 0 radical (unpaired) electrons. The van der Waals surface area contributed by atoms with Crippen LogP contribution in [0.25, 0.3) is 0 Å². The number of hydrogen-bond donors (Lipinski definition) is 0. The number of ether oxygens (including phenoxy) is 1. The van der Waals surface area contributed by atoms with Gasteiger partial charge in [0.1, 0.15) is 0 Å². The van der Waals surface area contributed by atoms with Crippen LogP contribution in [0.1, 0.15) is 42.2 Å². The zero-order valence-corrected chi connectivity index (χ0v) is 9.33. The average Bonchev–Trinajstić information content (AvgIpc) is 2.59. The molecule has 0 unspecified atom stereocenters. The molecule has 0 fully saturated rings. The van der Waals surface area contributed by atoms with Crippen LogP contribution in [-0.2, 0) is 12.8 Å². The van der Waals surface area contributed by atoms with E-state index in [1.54, 1.807) is 17.6 Å². The van der Waals surface area contributed by atoms with Gasteiger partial charge in [0, 0.05) is 10.4 Å². The Balaban J connectivity index is 2.49. The minimum absolute atomic E-state index is 0.605. The van der Waals surface area contributed by atoms with E-state index in [9.17, 15) is 0 Å². The normalized spacial score (nSPS) is 15.1. The molecule has 1 nitrogen and oxygen atoms in total. The third-order valence-corrected chi connectivity index (χ3v) is 3.96. The quantitative estimate of drug-likeness (QED) is 0.704. The maximum Gasteiger partial charge on any atom is 0.177 e. The lowest BCUT2D eigenvalue weighted by Crippen LogP contribution is -1.93. The summed E-state index contributed by atoms with van der Waals surface area (Å²) in [5, 5.41) is 1.15. The van der Waals surface area contributed by atoms with Crippen molar-refractivity contribution in [3.8, 4) is 5.06 Å². The van der Waals surface area contributed by atoms with Gasteiger partial charge in [0.05, 0.1) is 7.11 Å². The smallest absolute Gasteiger partial charge is 0.177 e. The molecule has 0 saturated heterocycles. The molecule has 1 heterocycles. The van der Waals surface area contributed by atoms with Crippen molar-refractivity contribution in [3.63, 3.8) is 0 Å². The fraction of sp³-hybridized carbons (Fsp3) is 0.636. The van der Waals surface area contributed by atoms with Gasteiger partial charge in [0.15, 0.2) is 5.06 Å². The first kappa shape index (κ1) is 9.07. The molecule has 0 bridgehead atoms. The summed E-state index contributed by atoms with van der Waals surface area (Å²) in [5.41, 5.74) is 3.07. The van der Waals surface area contributed by atoms with Crippen LogP contribution < -0.4 is 4.74 Å². The summed E-state index contributed by atoms with van der Waals surface area (Å²) < 4.78 is 5.42. The number of thiophene rings is 1. The molecule has 0 aliphatic heterocycles. The molecule has 0 N–H and O–H groups in total. The van der Waals surface area contributed by atoms with E-state index in [2.05, 4.69) is 13.8 Å². The summed E-state index contributed by atoms with van der Waals surface area (Å²) in [7, 11) is 1.78. The fourth-order valence-corrected chi connectivity index (χ4v) is 3.50. The van der Waals surface area contributed by atoms with Gasteiger partial charge in [0.2, 0.25) is 0 Å². The maximum absolute atomic E-state index is 5.42. The predicted molar refractivity (Wildman–Crippen MR) is 57.0 cm³/mol. The third-order valence-electron chi connectivity index (χ3n) is 2.69. The molecule has 1 aromatic rings. The van der Waals surface area contributed by atoms with Crippen molar-refractivity contribution in [1.82, 2.24) is 0 Å². The van der Waals surface area contributed by atoms with Gasteiger partial charge in [-0.05, 0) is 30.7 Å². The number of fused-ring (bicyclic) bond motifs is 1. The van der Waals surface area contributed by atoms with Gasteiger partial charge in [-0.3, -0.25) is 0 Å². The van der Waals surface area contributed by atoms with Crippen molar-refractivity contribution in [1.29, 1.82) is 0 Å². The minimum atomic E-state index is 0.605. The molecule has 2 heteroatoms. The monoisotopic (exact) mass is 196 g/mol. The number of hydrogen-bond acceptors (Lipinski definition) is 2. The van der Waals surface area contributed by atoms with E-state index in [4.69, 9.17) is 4.74 Å². The molecule has 0 atom stereocenters. The second-order valence-electron chi connectivity index (χ2n) is 3.92. The molecule has 0 aromatic carbocycles. The van der Waals surface area contributed by atoms with Crippen molar-refractivity contribution in [3.05, 3.63) is 16.0 Å². The largest absolute Gasteiger partial charge is 0.487 e. The SMILES string of the molecule is COc1sc2c(c1C(C)C)CCC2. The van der Waals surface area contributed by atoms with Gasteiger partial charge >= 0.3 is 0 Å². The molecule has 0 saturated carbocycles. The highest BCUT2D eigenvalue weighted by Gasteiger charge is 2.23. The van der Waals surface area contributed by atoms with Crippen molar-refractivity contribution < 1.29 is 4.74 Å². The topological polar surface area (TPSA) is 9.23 Å². The van der Waals surface area contributed by atoms with E-state index in [0.29, 0.717) is 5.92 Å². The second-order valence-corrected chi connectivity index (χ2v) is 4.99. The molecular formula is C11H16OS. The van der Waals surface area contributed by atoms with Crippen molar-refractivity contribution in [2.24, 2.45) is 0 Å². The fourth-order valence-electron chi connectivity index (χ4n) is 2.14. The molecule has 72 valence electrons. The average molecular weight is 196 g/mol. The number of aryl methyl sites for hydroxylation is 1. The Morgan fingerprint density at radius 3 is 2.69 bits per heavy atom. The van der Waals surface area contributed by atoms with E-state index in [1.807, 2.05) is 11.3 Å². The minimum Gasteiger partial charge on any atom is -0.487 e. The highest BCUT2D eigenvalue weighted by molar-refractivity contribution is 7.14. The summed E-state index contributed by atoms with van der Waals surface area (Å²) in [6.07, 6.45) is 3.87. The van der Waals surface area contributed by atoms with E-state index < -0.39 is 0 Å². The van der Waals surface area contributed by atoms with Crippen molar-refractivity contribution >= 4 is 11.3 Å². The highest BCUT2D eigenvalue weighted by Crippen LogP contribution is 2.43. The molecule has 1 aliphatic carbocycles. The number of methoxy groups -OCH3 is 1. The van der Waals surface area contributed by atoms with Crippen LogP contribution in [0.4, 0.5) is 0 Å². The summed E-state index contributed by atoms with van der Waals surface area (Å²) >= 11 is 1.85. The van der Waals surface area contributed by atoms with Crippen LogP contribution >= 0.6 is 11.3 Å². The van der Waals surface area contributed by atoms with E-state index >= 15 is 0 Å². The first-order valence-corrected chi connectivity index (χ1v) is 5.74. The van der Waals surface area contributed by atoms with Crippen LogP contribution in [0.3, 0.4) is 0 Å². The van der Waals surface area contributed by atoms with E-state index in [-0.39, 0.29) is 0 Å². The molecular weight excluding hydrogens is 180 g/mol. The molecule has 0 spiro atoms. The Bertz CT molecular complexity index is 312. The lowest BCUT2D eigenvalue weighted by molar-refractivity contribution is 0.420. The van der Waals surface area contributed by atoms with E-state index in [0.717, 1.165) is 5.06 Å². The van der Waals surface area contributed by atoms with Gasteiger partial charge in [-0.25, -0.2) is 0 Å². The van der Waals surface area contributed by atoms with Gasteiger partial charge in [-0.1, -0.05) is 13.8 Å². The van der Waals surface area contributed by atoms with Gasteiger partial charge in [0.25, 0.3) is 0 Å². The van der Waals surface area contributed by atoms with Crippen molar-refractivity contribution in [2.75, 3.05) is 7.11 Å². The zero-order valence-electron chi connectivity index (χ0n) is 8.52. The van der Waals surface area contributed by atoms with Crippen LogP contribution in [0.5, 0.6) is 5.06 Å². The molecule has 13 heavy (non-hydrogen) atoms. The van der Waals surface area contributed by atoms with E-state index in [1.165, 1.54) is 24.8 Å². The Morgan fingerprint density at radius 2 is 2.08 bits per heavy atom. The third kappa shape index (κ3) is 1.37. The van der Waals surface area contributed by atoms with Crippen LogP contribution in [0, 0.1) is 0 Å². The summed E-state index contributed by atoms with van der Waals surface area (Å²) in [6, 6.07) is 0. The molecule has 1 aromatic heterocycles. The second kappa shape index (κ2) is 3.33. The number of rotatable bonds is 2. The van der Waals surface area contributed by atoms with Crippen LogP contribution in [0.2, 0.25) is 0 Å². The lowest BCUT2D eigenvalue weighted by atomic mass is 10.0.